The number of hydrogen-bond acceptors (Lipinski definition) is 2. The Kier molecular flexibility index (Phi) is 4.29. The molecule has 0 radical (unpaired) electrons. The average molecular weight is 308 g/mol. The van der Waals surface area contributed by atoms with E-state index in [0.29, 0.717) is 21.9 Å². The van der Waals surface area contributed by atoms with Crippen LogP contribution in [0.3, 0.4) is 0 Å². The monoisotopic (exact) mass is 308 g/mol. The van der Waals surface area contributed by atoms with Crippen molar-refractivity contribution in [3.05, 3.63) is 48.6 Å². The van der Waals surface area contributed by atoms with E-state index in [-0.39, 0.29) is 9.79 Å². The van der Waals surface area contributed by atoms with Crippen molar-refractivity contribution in [3.8, 4) is 0 Å². The van der Waals surface area contributed by atoms with E-state index in [4.69, 9.17) is 0 Å². The van der Waals surface area contributed by atoms with Crippen LogP contribution in [0.25, 0.3) is 22.9 Å². The zero-order valence-electron chi connectivity index (χ0n) is 10.4. The molecule has 2 unspecified atom stereocenters. The highest BCUT2D eigenvalue weighted by atomic mass is 32.2. The van der Waals surface area contributed by atoms with Gasteiger partial charge in [-0.2, -0.15) is 0 Å². The van der Waals surface area contributed by atoms with E-state index >= 15 is 0 Å². The van der Waals surface area contributed by atoms with Crippen molar-refractivity contribution < 1.29 is 17.5 Å². The zero-order valence-corrected chi connectivity index (χ0v) is 12.0. The molecule has 2 rings (SSSR count). The predicted molar refractivity (Wildman–Crippen MR) is 82.2 cm³/mol. The molecule has 0 saturated heterocycles. The summed E-state index contributed by atoms with van der Waals surface area (Å²) >= 11 is -4.81. The Morgan fingerprint density at radius 3 is 1.80 bits per heavy atom. The van der Waals surface area contributed by atoms with Crippen molar-refractivity contribution in [2.24, 2.45) is 0 Å². The SMILES string of the molecule is C=Cc1c(S(=O)O)c(S(=O)O)c2ccccc2c1C=C. The van der Waals surface area contributed by atoms with Crippen molar-refractivity contribution in [1.82, 2.24) is 0 Å². The lowest BCUT2D eigenvalue weighted by atomic mass is 9.98. The first-order chi connectivity index (χ1) is 9.52. The van der Waals surface area contributed by atoms with Crippen LogP contribution in [0.4, 0.5) is 0 Å². The average Bonchev–Trinajstić information content (AvgIpc) is 2.43. The summed E-state index contributed by atoms with van der Waals surface area (Å²) in [4.78, 5) is -0.170. The second-order valence-electron chi connectivity index (χ2n) is 3.94. The van der Waals surface area contributed by atoms with Gasteiger partial charge in [0.1, 0.15) is 0 Å². The molecule has 4 nitrogen and oxygen atoms in total. The molecule has 2 N–H and O–H groups in total. The van der Waals surface area contributed by atoms with E-state index in [9.17, 15) is 17.5 Å². The summed E-state index contributed by atoms with van der Waals surface area (Å²) in [5.74, 6) is 0. The summed E-state index contributed by atoms with van der Waals surface area (Å²) in [5.41, 5.74) is 0.958. The molecule has 0 amide bonds. The molecule has 0 aromatic heterocycles. The van der Waals surface area contributed by atoms with Crippen LogP contribution in [0.1, 0.15) is 11.1 Å². The lowest BCUT2D eigenvalue weighted by molar-refractivity contribution is 0.551. The Morgan fingerprint density at radius 1 is 0.850 bits per heavy atom. The Morgan fingerprint density at radius 2 is 1.35 bits per heavy atom. The first-order valence-electron chi connectivity index (χ1n) is 5.58. The van der Waals surface area contributed by atoms with E-state index in [1.165, 1.54) is 6.08 Å². The van der Waals surface area contributed by atoms with E-state index < -0.39 is 22.2 Å². The van der Waals surface area contributed by atoms with Gasteiger partial charge < -0.3 is 9.11 Å². The summed E-state index contributed by atoms with van der Waals surface area (Å²) in [5, 5.41) is 1.13. The number of fused-ring (bicyclic) bond motifs is 1. The van der Waals surface area contributed by atoms with Crippen LogP contribution < -0.4 is 0 Å². The highest BCUT2D eigenvalue weighted by Gasteiger charge is 2.23. The molecule has 0 heterocycles. The van der Waals surface area contributed by atoms with Gasteiger partial charge in [0, 0.05) is 10.9 Å². The molecule has 0 aliphatic heterocycles. The minimum absolute atomic E-state index is 0.0677. The van der Waals surface area contributed by atoms with Crippen molar-refractivity contribution in [2.75, 3.05) is 0 Å². The molecule has 0 bridgehead atoms. The van der Waals surface area contributed by atoms with Crippen LogP contribution in [-0.4, -0.2) is 17.5 Å². The third-order valence-corrected chi connectivity index (χ3v) is 4.64. The van der Waals surface area contributed by atoms with Gasteiger partial charge in [0.05, 0.1) is 9.79 Å². The lowest BCUT2D eigenvalue weighted by Crippen LogP contribution is -2.05. The molecule has 0 aliphatic carbocycles. The standard InChI is InChI=1S/C14H12O4S2/c1-3-9-10(4-2)13(19(15)16)14(20(17)18)12-8-6-5-7-11(9)12/h3-8H,1-2H2,(H,15,16)(H,17,18). The first kappa shape index (κ1) is 14.8. The Hall–Kier alpha value is -1.60. The smallest absolute Gasteiger partial charge is 0.188 e. The van der Waals surface area contributed by atoms with Crippen LogP contribution in [0.2, 0.25) is 0 Å². The largest absolute Gasteiger partial charge is 0.302 e. The molecule has 6 heteroatoms. The molecular weight excluding hydrogens is 296 g/mol. The second kappa shape index (κ2) is 5.80. The third-order valence-electron chi connectivity index (χ3n) is 2.96. The van der Waals surface area contributed by atoms with E-state index in [1.807, 2.05) is 0 Å². The quantitative estimate of drug-likeness (QED) is 0.850. The molecule has 0 fully saturated rings. The van der Waals surface area contributed by atoms with Crippen molar-refractivity contribution in [1.29, 1.82) is 0 Å². The molecule has 20 heavy (non-hydrogen) atoms. The van der Waals surface area contributed by atoms with Crippen LogP contribution >= 0.6 is 0 Å². The van der Waals surface area contributed by atoms with Gasteiger partial charge >= 0.3 is 0 Å². The fourth-order valence-electron chi connectivity index (χ4n) is 2.20. The van der Waals surface area contributed by atoms with Crippen molar-refractivity contribution in [3.63, 3.8) is 0 Å². The molecule has 0 aliphatic rings. The minimum Gasteiger partial charge on any atom is -0.302 e. The predicted octanol–water partition coefficient (Wildman–Crippen LogP) is 3.29. The number of benzene rings is 2. The molecule has 0 spiro atoms. The summed E-state index contributed by atoms with van der Waals surface area (Å²) in [6.45, 7) is 7.31. The lowest BCUT2D eigenvalue weighted by Gasteiger charge is -2.15. The van der Waals surface area contributed by atoms with Crippen LogP contribution in [0.15, 0.2) is 47.2 Å². The Bertz CT molecular complexity index is 765. The minimum atomic E-state index is -2.41. The molecule has 2 aromatic rings. The van der Waals surface area contributed by atoms with Crippen LogP contribution in [-0.2, 0) is 22.2 Å². The van der Waals surface area contributed by atoms with Gasteiger partial charge in [-0.15, -0.1) is 0 Å². The maximum absolute atomic E-state index is 11.6. The van der Waals surface area contributed by atoms with E-state index in [1.54, 1.807) is 30.3 Å². The van der Waals surface area contributed by atoms with Gasteiger partial charge in [-0.1, -0.05) is 49.6 Å². The van der Waals surface area contributed by atoms with Gasteiger partial charge in [0.15, 0.2) is 22.2 Å². The highest BCUT2D eigenvalue weighted by molar-refractivity contribution is 7.82. The maximum Gasteiger partial charge on any atom is 0.188 e. The number of rotatable bonds is 4. The summed E-state index contributed by atoms with van der Waals surface area (Å²) in [6.07, 6.45) is 2.93. The van der Waals surface area contributed by atoms with Crippen molar-refractivity contribution in [2.45, 2.75) is 9.79 Å². The first-order valence-corrected chi connectivity index (χ1v) is 7.79. The number of hydrogen-bond donors (Lipinski definition) is 2. The van der Waals surface area contributed by atoms with Crippen molar-refractivity contribution >= 4 is 45.1 Å². The van der Waals surface area contributed by atoms with Gasteiger partial charge in [-0.05, 0) is 10.9 Å². The van der Waals surface area contributed by atoms with Crippen LogP contribution in [0, 0.1) is 0 Å². The summed E-state index contributed by atoms with van der Waals surface area (Å²) in [7, 11) is 0. The van der Waals surface area contributed by atoms with E-state index in [0.717, 1.165) is 0 Å². The Balaban J connectivity index is 3.18. The summed E-state index contributed by atoms with van der Waals surface area (Å²) < 4.78 is 42.2. The fraction of sp³-hybridized carbons (Fsp3) is 0. The Labute approximate surface area is 121 Å². The second-order valence-corrected chi connectivity index (χ2v) is 5.75. The molecular formula is C14H12O4S2. The van der Waals surface area contributed by atoms with Gasteiger partial charge in [0.2, 0.25) is 0 Å². The summed E-state index contributed by atoms with van der Waals surface area (Å²) in [6, 6.07) is 6.87. The third kappa shape index (κ3) is 2.27. The van der Waals surface area contributed by atoms with Gasteiger partial charge in [0.25, 0.3) is 0 Å². The topological polar surface area (TPSA) is 74.6 Å². The molecule has 104 valence electrons. The fourth-order valence-corrected chi connectivity index (χ4v) is 3.91. The molecule has 2 atom stereocenters. The molecule has 2 aromatic carbocycles. The van der Waals surface area contributed by atoms with Crippen LogP contribution in [0.5, 0.6) is 0 Å². The normalized spacial score (nSPS) is 13.9. The zero-order chi connectivity index (χ0) is 14.9. The van der Waals surface area contributed by atoms with Gasteiger partial charge in [-0.25, -0.2) is 8.42 Å². The van der Waals surface area contributed by atoms with E-state index in [2.05, 4.69) is 13.2 Å². The maximum atomic E-state index is 11.6. The molecule has 0 saturated carbocycles. The highest BCUT2D eigenvalue weighted by Crippen LogP contribution is 2.35. The van der Waals surface area contributed by atoms with Gasteiger partial charge in [-0.3, -0.25) is 0 Å².